The van der Waals surface area contributed by atoms with E-state index >= 15 is 0 Å². The van der Waals surface area contributed by atoms with E-state index in [9.17, 15) is 15.4 Å². The molecule has 4 aromatic rings. The molecule has 0 bridgehead atoms. The fraction of sp³-hybridized carbons (Fsp3) is 0. The van der Waals surface area contributed by atoms with E-state index in [-0.39, 0.29) is 5.69 Å². The van der Waals surface area contributed by atoms with Crippen molar-refractivity contribution >= 4 is 39.2 Å². The van der Waals surface area contributed by atoms with Gasteiger partial charge in [0.05, 0.1) is 22.3 Å². The van der Waals surface area contributed by atoms with E-state index in [1.807, 2.05) is 23.6 Å². The van der Waals surface area contributed by atoms with Crippen molar-refractivity contribution in [2.45, 2.75) is 0 Å². The highest BCUT2D eigenvalue weighted by Gasteiger charge is 2.11. The Hall–Kier alpha value is -4.03. The monoisotopic (exact) mass is 388 g/mol. The number of fused-ring (bicyclic) bond motifs is 1. The molecule has 4 rings (SSSR count). The van der Waals surface area contributed by atoms with Crippen LogP contribution in [0.3, 0.4) is 0 Å². The normalized spacial score (nSPS) is 11.3. The van der Waals surface area contributed by atoms with Crippen LogP contribution in [-0.2, 0) is 0 Å². The van der Waals surface area contributed by atoms with Crippen LogP contribution in [0.4, 0.5) is 11.4 Å². The molecule has 28 heavy (non-hydrogen) atoms. The first-order chi connectivity index (χ1) is 13.6. The molecule has 2 aromatic carbocycles. The van der Waals surface area contributed by atoms with Crippen LogP contribution in [0.1, 0.15) is 5.01 Å². The Morgan fingerprint density at radius 3 is 2.86 bits per heavy atom. The molecule has 0 spiro atoms. The second-order valence-electron chi connectivity index (χ2n) is 5.83. The Labute approximate surface area is 162 Å². The lowest BCUT2D eigenvalue weighted by Gasteiger charge is -2.01. The number of thiazole rings is 1. The van der Waals surface area contributed by atoms with Crippen LogP contribution in [0.2, 0.25) is 0 Å². The number of H-pyrrole nitrogens is 1. The molecule has 0 amide bonds. The number of aromatic nitrogens is 3. The largest absolute Gasteiger partial charge is 0.360 e. The van der Waals surface area contributed by atoms with Crippen molar-refractivity contribution in [1.82, 2.24) is 15.2 Å². The molecule has 0 fully saturated rings. The maximum Gasteiger partial charge on any atom is 0.269 e. The van der Waals surface area contributed by atoms with Crippen molar-refractivity contribution in [1.29, 1.82) is 5.26 Å². The van der Waals surface area contributed by atoms with E-state index in [4.69, 9.17) is 0 Å². The molecule has 136 valence electrons. The predicted octanol–water partition coefficient (Wildman–Crippen LogP) is 4.57. The van der Waals surface area contributed by atoms with Crippen molar-refractivity contribution in [2.24, 2.45) is 0 Å². The summed E-state index contributed by atoms with van der Waals surface area (Å²) in [7, 11) is 0. The zero-order chi connectivity index (χ0) is 19.5. The Kier molecular flexibility index (Phi) is 4.53. The number of nitro groups is 1. The Morgan fingerprint density at radius 2 is 2.11 bits per heavy atom. The number of rotatable bonds is 5. The van der Waals surface area contributed by atoms with Crippen LogP contribution in [-0.4, -0.2) is 20.1 Å². The number of nitrogens with zero attached hydrogens (tertiary/aromatic N) is 4. The van der Waals surface area contributed by atoms with Gasteiger partial charge < -0.3 is 5.32 Å². The van der Waals surface area contributed by atoms with Gasteiger partial charge in [0.15, 0.2) is 0 Å². The molecule has 2 heterocycles. The van der Waals surface area contributed by atoms with Crippen LogP contribution >= 0.6 is 11.3 Å². The van der Waals surface area contributed by atoms with E-state index in [0.29, 0.717) is 16.3 Å². The lowest BCUT2D eigenvalue weighted by molar-refractivity contribution is -0.384. The molecule has 0 atom stereocenters. The molecule has 2 N–H and O–H groups in total. The number of benzene rings is 2. The Balaban J connectivity index is 1.55. The van der Waals surface area contributed by atoms with Gasteiger partial charge in [0.25, 0.3) is 5.69 Å². The first kappa shape index (κ1) is 17.4. The number of nitrogens with one attached hydrogen (secondary N) is 2. The summed E-state index contributed by atoms with van der Waals surface area (Å²) in [5, 5.41) is 33.6. The van der Waals surface area contributed by atoms with Crippen molar-refractivity contribution in [2.75, 3.05) is 5.32 Å². The fourth-order valence-corrected chi connectivity index (χ4v) is 3.40. The SMILES string of the molecule is N#CC(=CNc1ccc2cn[nH]c2c1)c1nc(-c2ccc([N+](=O)[O-])cc2)cs1. The molecule has 0 radical (unpaired) electrons. The number of anilines is 1. The van der Waals surface area contributed by atoms with Crippen molar-refractivity contribution < 1.29 is 4.92 Å². The summed E-state index contributed by atoms with van der Waals surface area (Å²) in [6.45, 7) is 0. The molecule has 0 saturated heterocycles. The zero-order valence-corrected chi connectivity index (χ0v) is 15.1. The number of aromatic amines is 1. The zero-order valence-electron chi connectivity index (χ0n) is 14.3. The van der Waals surface area contributed by atoms with Crippen LogP contribution in [0.15, 0.2) is 60.2 Å². The summed E-state index contributed by atoms with van der Waals surface area (Å²) in [4.78, 5) is 14.8. The summed E-state index contributed by atoms with van der Waals surface area (Å²) in [6, 6.07) is 14.0. The first-order valence-electron chi connectivity index (χ1n) is 8.15. The molecule has 0 saturated carbocycles. The number of hydrogen-bond donors (Lipinski definition) is 2. The van der Waals surface area contributed by atoms with Gasteiger partial charge in [0.1, 0.15) is 16.6 Å². The van der Waals surface area contributed by atoms with E-state index in [0.717, 1.165) is 22.2 Å². The number of nitriles is 1. The van der Waals surface area contributed by atoms with Crippen LogP contribution < -0.4 is 5.32 Å². The van der Waals surface area contributed by atoms with Gasteiger partial charge in [-0.15, -0.1) is 11.3 Å². The van der Waals surface area contributed by atoms with Gasteiger partial charge in [-0.05, 0) is 30.3 Å². The minimum Gasteiger partial charge on any atom is -0.360 e. The van der Waals surface area contributed by atoms with Gasteiger partial charge in [-0.2, -0.15) is 10.4 Å². The second kappa shape index (κ2) is 7.30. The highest BCUT2D eigenvalue weighted by molar-refractivity contribution is 7.11. The minimum atomic E-state index is -0.445. The summed E-state index contributed by atoms with van der Waals surface area (Å²) < 4.78 is 0. The third kappa shape index (κ3) is 3.44. The predicted molar refractivity (Wildman–Crippen MR) is 108 cm³/mol. The third-order valence-corrected chi connectivity index (χ3v) is 4.93. The molecular weight excluding hydrogens is 376 g/mol. The second-order valence-corrected chi connectivity index (χ2v) is 6.69. The first-order valence-corrected chi connectivity index (χ1v) is 9.02. The maximum atomic E-state index is 10.8. The fourth-order valence-electron chi connectivity index (χ4n) is 2.61. The summed E-state index contributed by atoms with van der Waals surface area (Å²) >= 11 is 1.33. The van der Waals surface area contributed by atoms with Crippen LogP contribution in [0, 0.1) is 21.4 Å². The van der Waals surface area contributed by atoms with Crippen molar-refractivity contribution in [3.63, 3.8) is 0 Å². The molecule has 0 aliphatic rings. The lowest BCUT2D eigenvalue weighted by Crippen LogP contribution is -1.91. The van der Waals surface area contributed by atoms with Gasteiger partial charge in [-0.25, -0.2) is 4.98 Å². The maximum absolute atomic E-state index is 10.8. The number of non-ortho nitro benzene ring substituents is 1. The van der Waals surface area contributed by atoms with E-state index in [1.165, 1.54) is 23.5 Å². The average Bonchev–Trinajstić information content (AvgIpc) is 3.38. The Bertz CT molecular complexity index is 1230. The highest BCUT2D eigenvalue weighted by atomic mass is 32.1. The molecule has 0 aliphatic carbocycles. The summed E-state index contributed by atoms with van der Waals surface area (Å²) in [5.74, 6) is 0. The molecule has 0 aliphatic heterocycles. The molecule has 9 heteroatoms. The summed E-state index contributed by atoms with van der Waals surface area (Å²) in [5.41, 5.74) is 3.54. The quantitative estimate of drug-likeness (QED) is 0.293. The topological polar surface area (TPSA) is 121 Å². The van der Waals surface area contributed by atoms with Gasteiger partial charge in [-0.3, -0.25) is 15.2 Å². The van der Waals surface area contributed by atoms with Gasteiger partial charge in [0.2, 0.25) is 0 Å². The van der Waals surface area contributed by atoms with Gasteiger partial charge >= 0.3 is 0 Å². The van der Waals surface area contributed by atoms with Crippen molar-refractivity contribution in [3.8, 4) is 17.3 Å². The van der Waals surface area contributed by atoms with Crippen LogP contribution in [0.25, 0.3) is 27.7 Å². The lowest BCUT2D eigenvalue weighted by atomic mass is 10.1. The number of allylic oxidation sites excluding steroid dienone is 1. The van der Waals surface area contributed by atoms with Crippen molar-refractivity contribution in [3.05, 3.63) is 75.4 Å². The van der Waals surface area contributed by atoms with Crippen LogP contribution in [0.5, 0.6) is 0 Å². The van der Waals surface area contributed by atoms with Gasteiger partial charge in [-0.1, -0.05) is 0 Å². The molecule has 8 nitrogen and oxygen atoms in total. The standard InChI is InChI=1S/C19H12N6O2S/c20-8-14(9-21-15-4-1-13-10-22-24-17(13)7-15)19-23-18(11-28-19)12-2-5-16(6-3-12)25(26)27/h1-7,9-11,21H,(H,22,24). The third-order valence-electron chi connectivity index (χ3n) is 4.05. The number of nitro benzene ring substituents is 1. The van der Waals surface area contributed by atoms with E-state index in [2.05, 4.69) is 26.6 Å². The van der Waals surface area contributed by atoms with E-state index in [1.54, 1.807) is 24.5 Å². The Morgan fingerprint density at radius 1 is 1.29 bits per heavy atom. The minimum absolute atomic E-state index is 0.0234. The van der Waals surface area contributed by atoms with E-state index < -0.39 is 4.92 Å². The molecule has 2 aromatic heterocycles. The summed E-state index contributed by atoms with van der Waals surface area (Å²) in [6.07, 6.45) is 3.35. The molecular formula is C19H12N6O2S. The van der Waals surface area contributed by atoms with Gasteiger partial charge in [0, 0.05) is 40.3 Å². The average molecular weight is 388 g/mol. The molecule has 0 unspecified atom stereocenters. The highest BCUT2D eigenvalue weighted by Crippen LogP contribution is 2.27. The smallest absolute Gasteiger partial charge is 0.269 e. The number of hydrogen-bond acceptors (Lipinski definition) is 7.